The summed E-state index contributed by atoms with van der Waals surface area (Å²) in [5.41, 5.74) is 1.61. The van der Waals surface area contributed by atoms with Crippen LogP contribution in [0.25, 0.3) is 0 Å². The minimum Gasteiger partial charge on any atom is -0.392 e. The third-order valence-electron chi connectivity index (χ3n) is 2.81. The van der Waals surface area contributed by atoms with E-state index in [1.165, 1.54) is 0 Å². The Balaban J connectivity index is 2.10. The molecule has 1 aromatic heterocycles. The van der Waals surface area contributed by atoms with Crippen LogP contribution in [0.2, 0.25) is 15.1 Å². The summed E-state index contributed by atoms with van der Waals surface area (Å²) in [4.78, 5) is 3.91. The number of nitrogens with zero attached hydrogens (tertiary/aromatic N) is 1. The predicted molar refractivity (Wildman–Crippen MR) is 79.1 cm³/mol. The molecule has 2 aromatic rings. The standard InChI is InChI=1S/C14H12Cl3NO/c15-12-2-1-3-13(16)11(12)7-10(19)6-9-4-5-18-8-14(9)17/h1-5,8,10,19H,6-7H2. The highest BCUT2D eigenvalue weighted by Gasteiger charge is 2.13. The Morgan fingerprint density at radius 3 is 2.32 bits per heavy atom. The van der Waals surface area contributed by atoms with Crippen molar-refractivity contribution in [3.05, 3.63) is 62.9 Å². The van der Waals surface area contributed by atoms with Crippen LogP contribution in [-0.4, -0.2) is 16.2 Å². The molecule has 0 fully saturated rings. The Labute approximate surface area is 127 Å². The summed E-state index contributed by atoms with van der Waals surface area (Å²) >= 11 is 18.2. The molecule has 0 spiro atoms. The van der Waals surface area contributed by atoms with Crippen LogP contribution < -0.4 is 0 Å². The van der Waals surface area contributed by atoms with Crippen molar-refractivity contribution in [1.29, 1.82) is 0 Å². The van der Waals surface area contributed by atoms with E-state index >= 15 is 0 Å². The molecule has 0 aliphatic heterocycles. The predicted octanol–water partition coefficient (Wildman–Crippen LogP) is 4.19. The van der Waals surface area contributed by atoms with E-state index in [0.29, 0.717) is 27.9 Å². The molecule has 0 aliphatic carbocycles. The van der Waals surface area contributed by atoms with Gasteiger partial charge in [-0.1, -0.05) is 40.9 Å². The van der Waals surface area contributed by atoms with Crippen molar-refractivity contribution in [3.63, 3.8) is 0 Å². The Bertz CT molecular complexity index is 554. The summed E-state index contributed by atoms with van der Waals surface area (Å²) in [5.74, 6) is 0. The molecule has 1 N–H and O–H groups in total. The monoisotopic (exact) mass is 315 g/mol. The molecule has 19 heavy (non-hydrogen) atoms. The topological polar surface area (TPSA) is 33.1 Å². The van der Waals surface area contributed by atoms with E-state index in [-0.39, 0.29) is 0 Å². The van der Waals surface area contributed by atoms with Crippen molar-refractivity contribution in [3.8, 4) is 0 Å². The maximum Gasteiger partial charge on any atom is 0.0622 e. The number of aliphatic hydroxyl groups excluding tert-OH is 1. The van der Waals surface area contributed by atoms with Crippen molar-refractivity contribution in [2.75, 3.05) is 0 Å². The molecule has 100 valence electrons. The molecule has 0 saturated carbocycles. The third-order valence-corrected chi connectivity index (χ3v) is 3.86. The Hall–Kier alpha value is -0.800. The SMILES string of the molecule is OC(Cc1ccncc1Cl)Cc1c(Cl)cccc1Cl. The maximum atomic E-state index is 10.1. The Kier molecular flexibility index (Phi) is 5.06. The first-order valence-corrected chi connectivity index (χ1v) is 6.90. The molecule has 1 aromatic carbocycles. The zero-order chi connectivity index (χ0) is 13.8. The Morgan fingerprint density at radius 2 is 1.68 bits per heavy atom. The fourth-order valence-corrected chi connectivity index (χ4v) is 2.61. The van der Waals surface area contributed by atoms with E-state index < -0.39 is 6.10 Å². The minimum absolute atomic E-state index is 0.386. The quantitative estimate of drug-likeness (QED) is 0.917. The second kappa shape index (κ2) is 6.58. The summed E-state index contributed by atoms with van der Waals surface area (Å²) in [5, 5.41) is 11.8. The van der Waals surface area contributed by atoms with Gasteiger partial charge in [0, 0.05) is 35.3 Å². The number of rotatable bonds is 4. The van der Waals surface area contributed by atoms with Crippen molar-refractivity contribution in [2.24, 2.45) is 0 Å². The number of hydrogen-bond acceptors (Lipinski definition) is 2. The first-order valence-electron chi connectivity index (χ1n) is 5.77. The normalized spacial score (nSPS) is 12.4. The first kappa shape index (κ1) is 14.6. The number of halogens is 3. The van der Waals surface area contributed by atoms with Crippen molar-refractivity contribution >= 4 is 34.8 Å². The van der Waals surface area contributed by atoms with Crippen LogP contribution in [0.4, 0.5) is 0 Å². The molecule has 2 nitrogen and oxygen atoms in total. The highest BCUT2D eigenvalue weighted by Crippen LogP contribution is 2.26. The number of hydrogen-bond donors (Lipinski definition) is 1. The van der Waals surface area contributed by atoms with Gasteiger partial charge in [0.25, 0.3) is 0 Å². The second-order valence-corrected chi connectivity index (χ2v) is 5.45. The molecular formula is C14H12Cl3NO. The molecule has 1 atom stereocenters. The van der Waals surface area contributed by atoms with E-state index in [1.807, 2.05) is 0 Å². The average Bonchev–Trinajstić information content (AvgIpc) is 2.37. The van der Waals surface area contributed by atoms with Gasteiger partial charge in [0.15, 0.2) is 0 Å². The van der Waals surface area contributed by atoms with Crippen molar-refractivity contribution in [2.45, 2.75) is 18.9 Å². The molecule has 1 heterocycles. The molecule has 0 saturated heterocycles. The second-order valence-electron chi connectivity index (χ2n) is 4.23. The summed E-state index contributed by atoms with van der Waals surface area (Å²) in [6.07, 6.45) is 3.43. The summed E-state index contributed by atoms with van der Waals surface area (Å²) in [6, 6.07) is 7.09. The molecule has 0 bridgehead atoms. The highest BCUT2D eigenvalue weighted by atomic mass is 35.5. The molecule has 0 radical (unpaired) electrons. The van der Waals surface area contributed by atoms with Crippen LogP contribution in [0.15, 0.2) is 36.7 Å². The van der Waals surface area contributed by atoms with Gasteiger partial charge in [-0.05, 0) is 29.3 Å². The summed E-state index contributed by atoms with van der Waals surface area (Å²) in [7, 11) is 0. The van der Waals surface area contributed by atoms with Gasteiger partial charge in [0.2, 0.25) is 0 Å². The van der Waals surface area contributed by atoms with Crippen LogP contribution in [0, 0.1) is 0 Å². The molecular weight excluding hydrogens is 305 g/mol. The fourth-order valence-electron chi connectivity index (χ4n) is 1.86. The fraction of sp³-hybridized carbons (Fsp3) is 0.214. The minimum atomic E-state index is -0.600. The molecule has 0 amide bonds. The Morgan fingerprint density at radius 1 is 1.00 bits per heavy atom. The van der Waals surface area contributed by atoms with Gasteiger partial charge >= 0.3 is 0 Å². The molecule has 2 rings (SSSR count). The van der Waals surface area contributed by atoms with Crippen LogP contribution >= 0.6 is 34.8 Å². The average molecular weight is 317 g/mol. The van der Waals surface area contributed by atoms with Gasteiger partial charge in [0.1, 0.15) is 0 Å². The van der Waals surface area contributed by atoms with Crippen molar-refractivity contribution < 1.29 is 5.11 Å². The lowest BCUT2D eigenvalue weighted by atomic mass is 10.0. The van der Waals surface area contributed by atoms with E-state index in [4.69, 9.17) is 34.8 Å². The highest BCUT2D eigenvalue weighted by molar-refractivity contribution is 6.36. The number of pyridine rings is 1. The van der Waals surface area contributed by atoms with Gasteiger partial charge in [-0.15, -0.1) is 0 Å². The largest absolute Gasteiger partial charge is 0.392 e. The molecule has 5 heteroatoms. The van der Waals surface area contributed by atoms with E-state index in [2.05, 4.69) is 4.98 Å². The first-order chi connectivity index (χ1) is 9.08. The van der Waals surface area contributed by atoms with E-state index in [9.17, 15) is 5.11 Å². The van der Waals surface area contributed by atoms with Gasteiger partial charge in [-0.2, -0.15) is 0 Å². The van der Waals surface area contributed by atoms with Crippen molar-refractivity contribution in [1.82, 2.24) is 4.98 Å². The zero-order valence-corrected chi connectivity index (χ0v) is 12.3. The number of aromatic nitrogens is 1. The summed E-state index contributed by atoms with van der Waals surface area (Å²) in [6.45, 7) is 0. The lowest BCUT2D eigenvalue weighted by Crippen LogP contribution is -2.15. The zero-order valence-electron chi connectivity index (χ0n) is 9.98. The van der Waals surface area contributed by atoms with Crippen LogP contribution in [0.1, 0.15) is 11.1 Å². The van der Waals surface area contributed by atoms with Crippen LogP contribution in [0.5, 0.6) is 0 Å². The van der Waals surface area contributed by atoms with Crippen LogP contribution in [-0.2, 0) is 12.8 Å². The maximum absolute atomic E-state index is 10.1. The summed E-state index contributed by atoms with van der Waals surface area (Å²) < 4.78 is 0. The van der Waals surface area contributed by atoms with Gasteiger partial charge in [-0.3, -0.25) is 4.98 Å². The molecule has 0 aliphatic rings. The van der Waals surface area contributed by atoms with E-state index in [1.54, 1.807) is 36.7 Å². The van der Waals surface area contributed by atoms with Gasteiger partial charge in [-0.25, -0.2) is 0 Å². The lowest BCUT2D eigenvalue weighted by Gasteiger charge is -2.13. The van der Waals surface area contributed by atoms with Crippen LogP contribution in [0.3, 0.4) is 0 Å². The third kappa shape index (κ3) is 3.83. The lowest BCUT2D eigenvalue weighted by molar-refractivity contribution is 0.175. The van der Waals surface area contributed by atoms with E-state index in [0.717, 1.165) is 11.1 Å². The van der Waals surface area contributed by atoms with Gasteiger partial charge in [0.05, 0.1) is 11.1 Å². The smallest absolute Gasteiger partial charge is 0.0622 e. The number of benzene rings is 1. The molecule has 1 unspecified atom stereocenters. The number of aliphatic hydroxyl groups is 1. The van der Waals surface area contributed by atoms with Gasteiger partial charge < -0.3 is 5.11 Å².